The molecule has 2 aromatic heterocycles. The molecule has 0 atom stereocenters. The van der Waals surface area contributed by atoms with Gasteiger partial charge in [-0.15, -0.1) is 0 Å². The largest absolute Gasteiger partial charge is 0.416 e. The molecule has 0 unspecified atom stereocenters. The van der Waals surface area contributed by atoms with Gasteiger partial charge in [-0.25, -0.2) is 14.2 Å². The molecule has 0 saturated carbocycles. The van der Waals surface area contributed by atoms with Crippen LogP contribution in [0.5, 0.6) is 0 Å². The number of H-pyrrole nitrogens is 1. The Morgan fingerprint density at radius 3 is 2.29 bits per heavy atom. The number of likely N-dealkylation sites (N-methyl/N-ethyl adjacent to an activating group) is 1. The molecule has 1 amide bonds. The van der Waals surface area contributed by atoms with Crippen LogP contribution in [0.2, 0.25) is 0 Å². The quantitative estimate of drug-likeness (QED) is 0.530. The van der Waals surface area contributed by atoms with Gasteiger partial charge in [0, 0.05) is 18.9 Å². The van der Waals surface area contributed by atoms with Gasteiger partial charge in [0.2, 0.25) is 5.91 Å². The number of carbonyl (C=O) groups is 1. The lowest BCUT2D eigenvalue weighted by Crippen LogP contribution is -2.34. The van der Waals surface area contributed by atoms with Crippen molar-refractivity contribution in [3.8, 4) is 5.69 Å². The molecular weight excluding hydrogens is 473 g/mol. The molecule has 0 aliphatic rings. The smallest absolute Gasteiger partial charge is 0.312 e. The average molecular weight is 490 g/mol. The van der Waals surface area contributed by atoms with Crippen molar-refractivity contribution in [1.82, 2.24) is 14.5 Å². The Bertz CT molecular complexity index is 1280. The van der Waals surface area contributed by atoms with E-state index in [0.29, 0.717) is 10.6 Å². The first-order chi connectivity index (χ1) is 15.7. The summed E-state index contributed by atoms with van der Waals surface area (Å²) in [6, 6.07) is 2.46. The summed E-state index contributed by atoms with van der Waals surface area (Å²) in [6.07, 6.45) is -9.44. The number of amides is 1. The normalized spacial score (nSPS) is 12.1. The predicted molar refractivity (Wildman–Crippen MR) is 107 cm³/mol. The maximum Gasteiger partial charge on any atom is 0.416 e. The Hall–Kier alpha value is -3.64. The number of benzene rings is 1. The zero-order valence-corrected chi connectivity index (χ0v) is 17.7. The minimum Gasteiger partial charge on any atom is -0.312 e. The average Bonchev–Trinajstić information content (AvgIpc) is 3.15. The minimum atomic E-state index is -5.27. The zero-order chi connectivity index (χ0) is 25.4. The summed E-state index contributed by atoms with van der Waals surface area (Å²) in [7, 11) is 0. The van der Waals surface area contributed by atoms with Crippen LogP contribution < -0.4 is 10.6 Å². The van der Waals surface area contributed by atoms with E-state index < -0.39 is 58.6 Å². The summed E-state index contributed by atoms with van der Waals surface area (Å²) in [5.74, 6) is -1.66. The molecule has 1 N–H and O–H groups in total. The van der Waals surface area contributed by atoms with Crippen molar-refractivity contribution in [3.63, 3.8) is 0 Å². The number of alkyl halides is 6. The molecule has 0 fully saturated rings. The van der Waals surface area contributed by atoms with Crippen molar-refractivity contribution >= 4 is 11.7 Å². The van der Waals surface area contributed by atoms with Crippen LogP contribution in [0, 0.1) is 12.7 Å². The van der Waals surface area contributed by atoms with Crippen LogP contribution in [0.4, 0.5) is 36.6 Å². The third-order valence-corrected chi connectivity index (χ3v) is 5.00. The van der Waals surface area contributed by atoms with Crippen LogP contribution >= 0.6 is 0 Å². The molecule has 13 heteroatoms. The van der Waals surface area contributed by atoms with Crippen LogP contribution in [0.15, 0.2) is 41.5 Å². The van der Waals surface area contributed by atoms with Gasteiger partial charge in [0.15, 0.2) is 0 Å². The summed E-state index contributed by atoms with van der Waals surface area (Å²) in [4.78, 5) is 32.1. The summed E-state index contributed by atoms with van der Waals surface area (Å²) < 4.78 is 95.8. The lowest BCUT2D eigenvalue weighted by Gasteiger charge is -2.24. The van der Waals surface area contributed by atoms with Crippen molar-refractivity contribution < 1.29 is 35.5 Å². The topological polar surface area (TPSA) is 71.0 Å². The van der Waals surface area contributed by atoms with E-state index in [0.717, 1.165) is 29.4 Å². The third kappa shape index (κ3) is 4.97. The number of aromatic nitrogens is 3. The van der Waals surface area contributed by atoms with E-state index in [2.05, 4.69) is 9.97 Å². The second-order valence-electron chi connectivity index (χ2n) is 7.20. The van der Waals surface area contributed by atoms with Crippen LogP contribution in [0.25, 0.3) is 5.69 Å². The first-order valence-electron chi connectivity index (χ1n) is 9.75. The number of carbonyl (C=O) groups excluding carboxylic acids is 1. The molecule has 1 aromatic carbocycles. The van der Waals surface area contributed by atoms with Crippen molar-refractivity contribution in [2.24, 2.45) is 0 Å². The van der Waals surface area contributed by atoms with Gasteiger partial charge in [-0.3, -0.25) is 14.3 Å². The Morgan fingerprint density at radius 2 is 1.79 bits per heavy atom. The first-order valence-corrected chi connectivity index (χ1v) is 9.75. The fourth-order valence-electron chi connectivity index (χ4n) is 3.38. The number of pyridine rings is 1. The van der Waals surface area contributed by atoms with E-state index in [1.165, 1.54) is 13.8 Å². The maximum atomic E-state index is 13.9. The number of rotatable bonds is 5. The van der Waals surface area contributed by atoms with E-state index in [1.54, 1.807) is 0 Å². The summed E-state index contributed by atoms with van der Waals surface area (Å²) in [6.45, 7) is 2.75. The molecule has 0 aliphatic carbocycles. The number of imidazole rings is 1. The molecular formula is C21H17F7N4O2. The Labute approximate surface area is 187 Å². The molecule has 6 nitrogen and oxygen atoms in total. The Morgan fingerprint density at radius 1 is 1.12 bits per heavy atom. The SMILES string of the molecule is CCN(C(=O)Cc1c(-n2cc[nH]c2=O)cc(C(F)(F)F)cc1C(F)(F)F)c1ccc(F)c(C)n1. The number of hydrogen-bond acceptors (Lipinski definition) is 3. The molecule has 0 radical (unpaired) electrons. The molecule has 0 bridgehead atoms. The molecule has 3 aromatic rings. The summed E-state index contributed by atoms with van der Waals surface area (Å²) in [5.41, 5.74) is -5.98. The lowest BCUT2D eigenvalue weighted by atomic mass is 9.97. The minimum absolute atomic E-state index is 0.0489. The van der Waals surface area contributed by atoms with Crippen LogP contribution in [0.3, 0.4) is 0 Å². The van der Waals surface area contributed by atoms with Crippen molar-refractivity contribution in [2.75, 3.05) is 11.4 Å². The van der Waals surface area contributed by atoms with Gasteiger partial charge in [-0.05, 0) is 43.7 Å². The molecule has 0 spiro atoms. The molecule has 3 rings (SSSR count). The maximum absolute atomic E-state index is 13.9. The van der Waals surface area contributed by atoms with E-state index in [4.69, 9.17) is 0 Å². The van der Waals surface area contributed by atoms with E-state index in [9.17, 15) is 40.3 Å². The van der Waals surface area contributed by atoms with Gasteiger partial charge in [-0.2, -0.15) is 26.3 Å². The van der Waals surface area contributed by atoms with Gasteiger partial charge < -0.3 is 4.98 Å². The Balaban J connectivity index is 2.21. The number of nitrogens with zero attached hydrogens (tertiary/aromatic N) is 3. The standard InChI is InChI=1S/C21H17F7N4O2/c1-3-31(17-5-4-15(22)11(2)30-17)18(33)10-13-14(21(26,27)28)8-12(20(23,24)25)9-16(13)32-7-6-29-19(32)34/h4-9H,3,10H2,1-2H3,(H,29,34). The fourth-order valence-corrected chi connectivity index (χ4v) is 3.38. The summed E-state index contributed by atoms with van der Waals surface area (Å²) in [5, 5.41) is 0. The molecule has 34 heavy (non-hydrogen) atoms. The summed E-state index contributed by atoms with van der Waals surface area (Å²) >= 11 is 0. The number of nitrogens with one attached hydrogen (secondary N) is 1. The first kappa shape index (κ1) is 25.0. The van der Waals surface area contributed by atoms with Crippen LogP contribution in [0.1, 0.15) is 29.3 Å². The zero-order valence-electron chi connectivity index (χ0n) is 17.7. The van der Waals surface area contributed by atoms with Crippen molar-refractivity contribution in [3.05, 3.63) is 75.3 Å². The molecule has 0 aliphatic heterocycles. The van der Waals surface area contributed by atoms with E-state index in [-0.39, 0.29) is 24.1 Å². The molecule has 182 valence electrons. The van der Waals surface area contributed by atoms with Gasteiger partial charge >= 0.3 is 18.0 Å². The fraction of sp³-hybridized carbons (Fsp3) is 0.286. The van der Waals surface area contributed by atoms with Gasteiger partial charge in [0.05, 0.1) is 28.9 Å². The lowest BCUT2D eigenvalue weighted by molar-refractivity contribution is -0.143. The highest BCUT2D eigenvalue weighted by Crippen LogP contribution is 2.40. The second kappa shape index (κ2) is 8.95. The third-order valence-electron chi connectivity index (χ3n) is 5.00. The number of anilines is 1. The van der Waals surface area contributed by atoms with Crippen molar-refractivity contribution in [2.45, 2.75) is 32.6 Å². The highest BCUT2D eigenvalue weighted by molar-refractivity contribution is 5.94. The monoisotopic (exact) mass is 490 g/mol. The number of halogens is 7. The van der Waals surface area contributed by atoms with Crippen molar-refractivity contribution in [1.29, 1.82) is 0 Å². The van der Waals surface area contributed by atoms with Gasteiger partial charge in [-0.1, -0.05) is 0 Å². The Kier molecular flexibility index (Phi) is 6.58. The van der Waals surface area contributed by atoms with Gasteiger partial charge in [0.1, 0.15) is 11.6 Å². The highest BCUT2D eigenvalue weighted by Gasteiger charge is 2.40. The van der Waals surface area contributed by atoms with E-state index in [1.807, 2.05) is 0 Å². The van der Waals surface area contributed by atoms with E-state index >= 15 is 0 Å². The highest BCUT2D eigenvalue weighted by atomic mass is 19.4. The van der Waals surface area contributed by atoms with Gasteiger partial charge in [0.25, 0.3) is 0 Å². The number of aryl methyl sites for hydroxylation is 1. The van der Waals surface area contributed by atoms with Crippen LogP contribution in [-0.4, -0.2) is 27.0 Å². The second-order valence-corrected chi connectivity index (χ2v) is 7.20. The predicted octanol–water partition coefficient (Wildman–Crippen LogP) is 4.64. The number of aromatic amines is 1. The molecule has 2 heterocycles. The van der Waals surface area contributed by atoms with Crippen LogP contribution in [-0.2, 0) is 23.6 Å². The number of hydrogen-bond donors (Lipinski definition) is 1. The molecule has 0 saturated heterocycles.